The first-order valence-electron chi connectivity index (χ1n) is 9.63. The lowest BCUT2D eigenvalue weighted by atomic mass is 10.2. The number of anilines is 2. The Morgan fingerprint density at radius 3 is 2.43 bits per heavy atom. The monoisotopic (exact) mass is 382 g/mol. The quantitative estimate of drug-likeness (QED) is 0.795. The van der Waals surface area contributed by atoms with Crippen LogP contribution in [0.1, 0.15) is 24.3 Å². The number of carbonyl (C=O) groups is 2. The van der Waals surface area contributed by atoms with Crippen molar-refractivity contribution in [1.29, 1.82) is 0 Å². The van der Waals surface area contributed by atoms with E-state index in [0.717, 1.165) is 11.4 Å². The molecule has 2 amide bonds. The van der Waals surface area contributed by atoms with Gasteiger partial charge in [0.2, 0.25) is 0 Å². The summed E-state index contributed by atoms with van der Waals surface area (Å²) in [6.07, 6.45) is 1.40. The van der Waals surface area contributed by atoms with Gasteiger partial charge in [0, 0.05) is 50.3 Å². The third-order valence-electron chi connectivity index (χ3n) is 4.76. The highest BCUT2D eigenvalue weighted by atomic mass is 16.6. The van der Waals surface area contributed by atoms with Crippen LogP contribution in [0.5, 0.6) is 0 Å². The highest BCUT2D eigenvalue weighted by Gasteiger charge is 2.23. The smallest absolute Gasteiger partial charge is 0.409 e. The molecular formula is C21H26N4O3. The molecule has 0 N–H and O–H groups in total. The van der Waals surface area contributed by atoms with Crippen LogP contribution >= 0.6 is 0 Å². The Kier molecular flexibility index (Phi) is 6.47. The molecule has 2 aromatic rings. The summed E-state index contributed by atoms with van der Waals surface area (Å²) < 4.78 is 5.06. The molecule has 7 nitrogen and oxygen atoms in total. The van der Waals surface area contributed by atoms with Gasteiger partial charge in [0.05, 0.1) is 6.61 Å². The maximum atomic E-state index is 13.0. The third kappa shape index (κ3) is 4.42. The topological polar surface area (TPSA) is 66.0 Å². The number of aromatic nitrogens is 1. The fourth-order valence-electron chi connectivity index (χ4n) is 3.28. The molecule has 0 saturated carbocycles. The maximum Gasteiger partial charge on any atom is 0.409 e. The first-order valence-corrected chi connectivity index (χ1v) is 9.63. The van der Waals surface area contributed by atoms with Gasteiger partial charge >= 0.3 is 6.09 Å². The molecule has 1 aliphatic heterocycles. The van der Waals surface area contributed by atoms with E-state index in [1.807, 2.05) is 49.4 Å². The van der Waals surface area contributed by atoms with Crippen LogP contribution in [0.15, 0.2) is 48.7 Å². The van der Waals surface area contributed by atoms with Crippen LogP contribution in [0.25, 0.3) is 0 Å². The van der Waals surface area contributed by atoms with Crippen LogP contribution in [-0.2, 0) is 4.74 Å². The predicted molar refractivity (Wildman–Crippen MR) is 109 cm³/mol. The molecule has 1 aliphatic rings. The van der Waals surface area contributed by atoms with Crippen molar-refractivity contribution < 1.29 is 14.3 Å². The van der Waals surface area contributed by atoms with Crippen molar-refractivity contribution in [3.63, 3.8) is 0 Å². The number of benzene rings is 1. The minimum Gasteiger partial charge on any atom is -0.450 e. The lowest BCUT2D eigenvalue weighted by Gasteiger charge is -2.35. The van der Waals surface area contributed by atoms with E-state index >= 15 is 0 Å². The summed E-state index contributed by atoms with van der Waals surface area (Å²) in [7, 11) is 0. The van der Waals surface area contributed by atoms with Crippen molar-refractivity contribution in [3.05, 3.63) is 54.4 Å². The lowest BCUT2D eigenvalue weighted by molar-refractivity contribution is 0.0983. The molecule has 1 fully saturated rings. The van der Waals surface area contributed by atoms with E-state index in [4.69, 9.17) is 4.74 Å². The van der Waals surface area contributed by atoms with E-state index in [9.17, 15) is 9.59 Å². The van der Waals surface area contributed by atoms with Crippen molar-refractivity contribution in [2.24, 2.45) is 0 Å². The zero-order chi connectivity index (χ0) is 19.9. The molecule has 1 aromatic heterocycles. The second kappa shape index (κ2) is 9.21. The summed E-state index contributed by atoms with van der Waals surface area (Å²) in [4.78, 5) is 34.7. The van der Waals surface area contributed by atoms with Gasteiger partial charge in [-0.2, -0.15) is 0 Å². The van der Waals surface area contributed by atoms with E-state index in [1.165, 1.54) is 0 Å². The van der Waals surface area contributed by atoms with Gasteiger partial charge in [-0.1, -0.05) is 18.2 Å². The Balaban J connectivity index is 1.70. The normalized spacial score (nSPS) is 13.9. The van der Waals surface area contributed by atoms with Gasteiger partial charge < -0.3 is 19.4 Å². The highest BCUT2D eigenvalue weighted by Crippen LogP contribution is 2.20. The molecule has 28 heavy (non-hydrogen) atoms. The molecule has 0 aliphatic carbocycles. The molecule has 1 aromatic carbocycles. The zero-order valence-electron chi connectivity index (χ0n) is 16.4. The van der Waals surface area contributed by atoms with Crippen LogP contribution in [0.3, 0.4) is 0 Å². The maximum absolute atomic E-state index is 13.0. The van der Waals surface area contributed by atoms with Gasteiger partial charge in [0.25, 0.3) is 5.91 Å². The number of ether oxygens (including phenoxy) is 1. The standard InChI is InChI=1S/C21H26N4O3/c1-3-25(17-8-6-5-7-9-17)20(26)19-16-18(10-11-22-19)23-12-14-24(15-13-23)21(27)28-4-2/h5-11,16H,3-4,12-15H2,1-2H3. The second-order valence-corrected chi connectivity index (χ2v) is 6.46. The zero-order valence-corrected chi connectivity index (χ0v) is 16.4. The largest absolute Gasteiger partial charge is 0.450 e. The number of pyridine rings is 1. The summed E-state index contributed by atoms with van der Waals surface area (Å²) >= 11 is 0. The number of nitrogens with zero attached hydrogens (tertiary/aromatic N) is 4. The Labute approximate surface area is 165 Å². The molecule has 0 atom stereocenters. The van der Waals surface area contributed by atoms with Gasteiger partial charge in [-0.25, -0.2) is 4.79 Å². The average molecular weight is 382 g/mol. The molecule has 0 bridgehead atoms. The lowest BCUT2D eigenvalue weighted by Crippen LogP contribution is -2.49. The van der Waals surface area contributed by atoms with E-state index < -0.39 is 0 Å². The Bertz CT molecular complexity index is 804. The number of para-hydroxylation sites is 1. The van der Waals surface area contributed by atoms with Crippen molar-refractivity contribution in [3.8, 4) is 0 Å². The van der Waals surface area contributed by atoms with Crippen LogP contribution in [0, 0.1) is 0 Å². The number of carbonyl (C=O) groups excluding carboxylic acids is 2. The van der Waals surface area contributed by atoms with Crippen LogP contribution < -0.4 is 9.80 Å². The Hall–Kier alpha value is -3.09. The van der Waals surface area contributed by atoms with Crippen LogP contribution in [0.2, 0.25) is 0 Å². The summed E-state index contributed by atoms with van der Waals surface area (Å²) in [6.45, 7) is 7.25. The van der Waals surface area contributed by atoms with Crippen LogP contribution in [0.4, 0.5) is 16.2 Å². The minimum atomic E-state index is -0.269. The van der Waals surface area contributed by atoms with Gasteiger partial charge in [0.15, 0.2) is 0 Å². The number of piperazine rings is 1. The first kappa shape index (κ1) is 19.7. The number of hydrogen-bond donors (Lipinski definition) is 0. The van der Waals surface area contributed by atoms with Crippen molar-refractivity contribution >= 4 is 23.4 Å². The van der Waals surface area contributed by atoms with Crippen molar-refractivity contribution in [2.75, 3.05) is 49.1 Å². The molecule has 3 rings (SSSR count). The molecule has 0 unspecified atom stereocenters. The van der Waals surface area contributed by atoms with E-state index in [2.05, 4.69) is 9.88 Å². The molecule has 0 radical (unpaired) electrons. The number of hydrogen-bond acceptors (Lipinski definition) is 5. The van der Waals surface area contributed by atoms with Gasteiger partial charge in [-0.3, -0.25) is 9.78 Å². The van der Waals surface area contributed by atoms with Gasteiger partial charge in [-0.05, 0) is 38.1 Å². The van der Waals surface area contributed by atoms with Crippen molar-refractivity contribution in [1.82, 2.24) is 9.88 Å². The predicted octanol–water partition coefficient (Wildman–Crippen LogP) is 3.03. The van der Waals surface area contributed by atoms with Gasteiger partial charge in [-0.15, -0.1) is 0 Å². The first-order chi connectivity index (χ1) is 13.6. The van der Waals surface area contributed by atoms with E-state index in [1.54, 1.807) is 22.9 Å². The summed E-state index contributed by atoms with van der Waals surface area (Å²) in [5, 5.41) is 0. The summed E-state index contributed by atoms with van der Waals surface area (Å²) in [5.41, 5.74) is 2.20. The Morgan fingerprint density at radius 2 is 1.79 bits per heavy atom. The van der Waals surface area contributed by atoms with E-state index in [0.29, 0.717) is 45.0 Å². The summed E-state index contributed by atoms with van der Waals surface area (Å²) in [5.74, 6) is -0.124. The fourth-order valence-corrected chi connectivity index (χ4v) is 3.28. The third-order valence-corrected chi connectivity index (χ3v) is 4.76. The van der Waals surface area contributed by atoms with Crippen molar-refractivity contribution in [2.45, 2.75) is 13.8 Å². The second-order valence-electron chi connectivity index (χ2n) is 6.46. The van der Waals surface area contributed by atoms with E-state index in [-0.39, 0.29) is 12.0 Å². The highest BCUT2D eigenvalue weighted by molar-refractivity contribution is 6.05. The number of rotatable bonds is 5. The fraction of sp³-hybridized carbons (Fsp3) is 0.381. The molecule has 1 saturated heterocycles. The molecule has 0 spiro atoms. The molecular weight excluding hydrogens is 356 g/mol. The number of amides is 2. The van der Waals surface area contributed by atoms with Crippen LogP contribution in [-0.4, -0.2) is 61.2 Å². The molecule has 2 heterocycles. The molecule has 7 heteroatoms. The van der Waals surface area contributed by atoms with Gasteiger partial charge in [0.1, 0.15) is 5.69 Å². The molecule has 148 valence electrons. The average Bonchev–Trinajstić information content (AvgIpc) is 2.75. The SMILES string of the molecule is CCOC(=O)N1CCN(c2ccnc(C(=O)N(CC)c3ccccc3)c2)CC1. The summed E-state index contributed by atoms with van der Waals surface area (Å²) in [6, 6.07) is 13.3. The minimum absolute atomic E-state index is 0.124. The Morgan fingerprint density at radius 1 is 1.07 bits per heavy atom.